The molecule has 1 rings (SSSR count). The van der Waals surface area contributed by atoms with Crippen LogP contribution in [0.4, 0.5) is 0 Å². The summed E-state index contributed by atoms with van der Waals surface area (Å²) in [4.78, 5) is 0. The first-order valence-electron chi connectivity index (χ1n) is 6.62. The van der Waals surface area contributed by atoms with Gasteiger partial charge in [-0.1, -0.05) is 51.0 Å². The third-order valence-corrected chi connectivity index (χ3v) is 4.23. The number of sulfonamides is 1. The molecule has 0 amide bonds. The van der Waals surface area contributed by atoms with Crippen LogP contribution in [-0.2, 0) is 23.0 Å². The summed E-state index contributed by atoms with van der Waals surface area (Å²) in [6.45, 7) is 4.52. The maximum absolute atomic E-state index is 11.6. The molecule has 0 heterocycles. The Hall–Kier alpha value is -0.870. The van der Waals surface area contributed by atoms with E-state index >= 15 is 0 Å². The van der Waals surface area contributed by atoms with Gasteiger partial charge in [0, 0.05) is 6.54 Å². The first-order chi connectivity index (χ1) is 8.57. The summed E-state index contributed by atoms with van der Waals surface area (Å²) in [5.41, 5.74) is 2.31. The van der Waals surface area contributed by atoms with Gasteiger partial charge < -0.3 is 0 Å². The third kappa shape index (κ3) is 5.65. The molecule has 0 radical (unpaired) electrons. The van der Waals surface area contributed by atoms with Crippen LogP contribution < -0.4 is 4.72 Å². The monoisotopic (exact) mass is 269 g/mol. The molecule has 1 aromatic carbocycles. The normalized spacial score (nSPS) is 11.7. The fourth-order valence-corrected chi connectivity index (χ4v) is 2.91. The van der Waals surface area contributed by atoms with E-state index in [1.165, 1.54) is 5.56 Å². The van der Waals surface area contributed by atoms with Crippen LogP contribution in [0.25, 0.3) is 0 Å². The molecule has 0 bridgehead atoms. The van der Waals surface area contributed by atoms with E-state index in [9.17, 15) is 8.42 Å². The minimum absolute atomic E-state index is 0.220. The van der Waals surface area contributed by atoms with E-state index in [4.69, 9.17) is 0 Å². The highest BCUT2D eigenvalue weighted by atomic mass is 32.2. The number of aryl methyl sites for hydroxylation is 1. The van der Waals surface area contributed by atoms with Gasteiger partial charge in [-0.05, 0) is 24.0 Å². The van der Waals surface area contributed by atoms with Crippen LogP contribution in [0.5, 0.6) is 0 Å². The Morgan fingerprint density at radius 2 is 1.61 bits per heavy atom. The molecule has 0 aliphatic rings. The van der Waals surface area contributed by atoms with Crippen molar-refractivity contribution in [3.8, 4) is 0 Å². The maximum Gasteiger partial charge on any atom is 0.211 e. The first kappa shape index (κ1) is 15.2. The topological polar surface area (TPSA) is 46.2 Å². The molecule has 0 aromatic heterocycles. The lowest BCUT2D eigenvalue weighted by Crippen LogP contribution is -2.25. The Morgan fingerprint density at radius 1 is 1.00 bits per heavy atom. The second kappa shape index (κ2) is 7.54. The van der Waals surface area contributed by atoms with E-state index < -0.39 is 10.0 Å². The van der Waals surface area contributed by atoms with E-state index in [-0.39, 0.29) is 5.75 Å². The van der Waals surface area contributed by atoms with Crippen molar-refractivity contribution in [3.63, 3.8) is 0 Å². The Morgan fingerprint density at radius 3 is 2.17 bits per heavy atom. The van der Waals surface area contributed by atoms with Gasteiger partial charge in [-0.15, -0.1) is 0 Å². The average Bonchev–Trinajstić information content (AvgIpc) is 2.36. The van der Waals surface area contributed by atoms with E-state index in [2.05, 4.69) is 23.8 Å². The van der Waals surface area contributed by atoms with Crippen molar-refractivity contribution in [2.45, 2.75) is 46.1 Å². The number of hydrogen-bond donors (Lipinski definition) is 1. The summed E-state index contributed by atoms with van der Waals surface area (Å²) < 4.78 is 25.9. The van der Waals surface area contributed by atoms with E-state index in [0.717, 1.165) is 24.8 Å². The largest absolute Gasteiger partial charge is 0.212 e. The lowest BCUT2D eigenvalue weighted by Gasteiger charge is -2.07. The second-order valence-electron chi connectivity index (χ2n) is 4.56. The molecule has 18 heavy (non-hydrogen) atoms. The van der Waals surface area contributed by atoms with Crippen molar-refractivity contribution in [2.24, 2.45) is 0 Å². The van der Waals surface area contributed by atoms with Crippen molar-refractivity contribution >= 4 is 10.0 Å². The lowest BCUT2D eigenvalue weighted by atomic mass is 10.1. The summed E-state index contributed by atoms with van der Waals surface area (Å²) in [6, 6.07) is 8.12. The van der Waals surface area contributed by atoms with Crippen LogP contribution in [-0.4, -0.2) is 14.2 Å². The Labute approximate surface area is 111 Å². The fraction of sp³-hybridized carbons (Fsp3) is 0.571. The smallest absolute Gasteiger partial charge is 0.211 e. The molecular formula is C14H23NO2S. The number of nitrogens with one attached hydrogen (secondary N) is 1. The molecule has 0 aliphatic heterocycles. The Kier molecular flexibility index (Phi) is 6.36. The zero-order chi connectivity index (χ0) is 13.4. The Bertz CT molecular complexity index is 437. The molecule has 0 spiro atoms. The van der Waals surface area contributed by atoms with Crippen LogP contribution >= 0.6 is 0 Å². The minimum atomic E-state index is -3.11. The maximum atomic E-state index is 11.6. The van der Waals surface area contributed by atoms with Crippen LogP contribution in [0.2, 0.25) is 0 Å². The molecule has 0 unspecified atom stereocenters. The molecule has 0 aliphatic carbocycles. The fourth-order valence-electron chi connectivity index (χ4n) is 1.71. The summed E-state index contributed by atoms with van der Waals surface area (Å²) >= 11 is 0. The van der Waals surface area contributed by atoms with Crippen LogP contribution in [0, 0.1) is 0 Å². The molecule has 0 saturated heterocycles. The highest BCUT2D eigenvalue weighted by Crippen LogP contribution is 2.07. The van der Waals surface area contributed by atoms with E-state index in [1.807, 2.05) is 19.1 Å². The first-order valence-corrected chi connectivity index (χ1v) is 8.27. The number of unbranched alkanes of at least 4 members (excludes halogenated alkanes) is 1. The van der Waals surface area contributed by atoms with Gasteiger partial charge >= 0.3 is 0 Å². The highest BCUT2D eigenvalue weighted by Gasteiger charge is 2.08. The zero-order valence-electron chi connectivity index (χ0n) is 11.3. The zero-order valence-corrected chi connectivity index (χ0v) is 12.1. The van der Waals surface area contributed by atoms with Gasteiger partial charge in [0.1, 0.15) is 0 Å². The number of benzene rings is 1. The average molecular weight is 269 g/mol. The van der Waals surface area contributed by atoms with Crippen LogP contribution in [0.3, 0.4) is 0 Å². The van der Waals surface area contributed by atoms with Gasteiger partial charge in [-0.3, -0.25) is 0 Å². The van der Waals surface area contributed by atoms with Gasteiger partial charge in [0.05, 0.1) is 5.75 Å². The summed E-state index contributed by atoms with van der Waals surface area (Å²) in [6.07, 6.45) is 3.81. The van der Waals surface area contributed by atoms with Crippen LogP contribution in [0.1, 0.15) is 44.2 Å². The van der Waals surface area contributed by atoms with Gasteiger partial charge in [0.2, 0.25) is 10.0 Å². The molecule has 0 saturated carbocycles. The SMILES string of the molecule is CCCCS(=O)(=O)NCc1ccc(CCC)cc1. The van der Waals surface area contributed by atoms with Gasteiger partial charge in [0.15, 0.2) is 0 Å². The summed E-state index contributed by atoms with van der Waals surface area (Å²) in [5, 5.41) is 0. The van der Waals surface area contributed by atoms with Crippen LogP contribution in [0.15, 0.2) is 24.3 Å². The van der Waals surface area contributed by atoms with Crippen molar-refractivity contribution in [2.75, 3.05) is 5.75 Å². The number of hydrogen-bond acceptors (Lipinski definition) is 2. The van der Waals surface area contributed by atoms with Crippen molar-refractivity contribution in [1.29, 1.82) is 0 Å². The Balaban J connectivity index is 2.48. The highest BCUT2D eigenvalue weighted by molar-refractivity contribution is 7.89. The van der Waals surface area contributed by atoms with E-state index in [1.54, 1.807) is 0 Å². The minimum Gasteiger partial charge on any atom is -0.212 e. The van der Waals surface area contributed by atoms with Gasteiger partial charge in [-0.2, -0.15) is 0 Å². The molecule has 0 atom stereocenters. The quantitative estimate of drug-likeness (QED) is 0.789. The lowest BCUT2D eigenvalue weighted by molar-refractivity contribution is 0.578. The molecule has 1 N–H and O–H groups in total. The summed E-state index contributed by atoms with van der Waals surface area (Å²) in [7, 11) is -3.11. The summed E-state index contributed by atoms with van der Waals surface area (Å²) in [5.74, 6) is 0.220. The van der Waals surface area contributed by atoms with Gasteiger partial charge in [-0.25, -0.2) is 13.1 Å². The molecular weight excluding hydrogens is 246 g/mol. The standard InChI is InChI=1S/C14H23NO2S/c1-3-5-11-18(16,17)15-12-14-9-7-13(6-4-2)8-10-14/h7-10,15H,3-6,11-12H2,1-2H3. The third-order valence-electron chi connectivity index (χ3n) is 2.82. The van der Waals surface area contributed by atoms with E-state index in [0.29, 0.717) is 13.0 Å². The van der Waals surface area contributed by atoms with Crippen molar-refractivity contribution in [3.05, 3.63) is 35.4 Å². The molecule has 102 valence electrons. The van der Waals surface area contributed by atoms with Gasteiger partial charge in [0.25, 0.3) is 0 Å². The van der Waals surface area contributed by atoms with Crippen molar-refractivity contribution in [1.82, 2.24) is 4.72 Å². The molecule has 4 heteroatoms. The number of rotatable bonds is 8. The predicted octanol–water partition coefficient (Wildman–Crippen LogP) is 2.86. The molecule has 1 aromatic rings. The molecule has 3 nitrogen and oxygen atoms in total. The van der Waals surface area contributed by atoms with Crippen molar-refractivity contribution < 1.29 is 8.42 Å². The predicted molar refractivity (Wildman–Crippen MR) is 76.0 cm³/mol. The molecule has 0 fully saturated rings. The second-order valence-corrected chi connectivity index (χ2v) is 6.49.